The molecule has 6 nitrogen and oxygen atoms in total. The van der Waals surface area contributed by atoms with E-state index in [2.05, 4.69) is 20.5 Å². The molecular formula is C21H20F2N4O2. The van der Waals surface area contributed by atoms with Gasteiger partial charge in [-0.1, -0.05) is 12.1 Å². The van der Waals surface area contributed by atoms with Gasteiger partial charge in [0.1, 0.15) is 11.5 Å². The Bertz CT molecular complexity index is 1080. The van der Waals surface area contributed by atoms with E-state index < -0.39 is 17.4 Å². The third-order valence-corrected chi connectivity index (χ3v) is 5.08. The van der Waals surface area contributed by atoms with Crippen LogP contribution in [-0.2, 0) is 17.6 Å². The molecule has 1 saturated carbocycles. The normalized spacial score (nSPS) is 16.9. The van der Waals surface area contributed by atoms with Crippen molar-refractivity contribution >= 4 is 22.6 Å². The van der Waals surface area contributed by atoms with E-state index in [1.807, 2.05) is 18.2 Å². The summed E-state index contributed by atoms with van der Waals surface area (Å²) in [6.45, 7) is 1.59. The number of hydrogen-bond acceptors (Lipinski definition) is 4. The first-order valence-electron chi connectivity index (χ1n) is 9.30. The van der Waals surface area contributed by atoms with Crippen LogP contribution in [0.1, 0.15) is 41.4 Å². The topological polar surface area (TPSA) is 87.7 Å². The summed E-state index contributed by atoms with van der Waals surface area (Å²) in [6.07, 6.45) is 2.81. The molecule has 0 unspecified atom stereocenters. The molecule has 0 bridgehead atoms. The Hall–Kier alpha value is -3.16. The van der Waals surface area contributed by atoms with Crippen LogP contribution in [0.25, 0.3) is 10.9 Å². The van der Waals surface area contributed by atoms with Gasteiger partial charge in [0.05, 0.1) is 11.7 Å². The largest absolute Gasteiger partial charge is 0.345 e. The number of aromatic amines is 1. The molecule has 0 radical (unpaired) electrons. The van der Waals surface area contributed by atoms with E-state index in [1.54, 1.807) is 19.2 Å². The number of H-pyrrole nitrogens is 1. The molecule has 0 saturated heterocycles. The van der Waals surface area contributed by atoms with Gasteiger partial charge in [-0.15, -0.1) is 0 Å². The Balaban J connectivity index is 1.39. The number of aromatic nitrogens is 3. The minimum absolute atomic E-state index is 0.00739. The van der Waals surface area contributed by atoms with E-state index in [9.17, 15) is 18.4 Å². The summed E-state index contributed by atoms with van der Waals surface area (Å²) in [5.74, 6) is -3.25. The number of alkyl halides is 2. The lowest BCUT2D eigenvalue weighted by atomic mass is 9.75. The molecule has 2 heterocycles. The summed E-state index contributed by atoms with van der Waals surface area (Å²) in [4.78, 5) is 28.9. The van der Waals surface area contributed by atoms with Gasteiger partial charge < -0.3 is 5.32 Å². The molecule has 29 heavy (non-hydrogen) atoms. The Kier molecular flexibility index (Phi) is 4.64. The van der Waals surface area contributed by atoms with E-state index in [4.69, 9.17) is 0 Å². The van der Waals surface area contributed by atoms with Crippen molar-refractivity contribution in [2.45, 2.75) is 44.1 Å². The number of rotatable bonds is 6. The number of hydrogen-bond donors (Lipinski definition) is 2. The van der Waals surface area contributed by atoms with Crippen LogP contribution in [-0.4, -0.2) is 38.3 Å². The predicted octanol–water partition coefficient (Wildman–Crippen LogP) is 3.23. The van der Waals surface area contributed by atoms with Crippen molar-refractivity contribution in [3.05, 3.63) is 59.5 Å². The first-order chi connectivity index (χ1) is 13.7. The molecule has 2 N–H and O–H groups in total. The van der Waals surface area contributed by atoms with Crippen LogP contribution in [0.15, 0.2) is 42.7 Å². The molecule has 1 aliphatic carbocycles. The number of pyridine rings is 1. The van der Waals surface area contributed by atoms with Crippen LogP contribution in [0.4, 0.5) is 8.78 Å². The van der Waals surface area contributed by atoms with E-state index in [-0.39, 0.29) is 37.2 Å². The summed E-state index contributed by atoms with van der Waals surface area (Å²) in [5.41, 5.74) is 1.58. The molecule has 0 atom stereocenters. The van der Waals surface area contributed by atoms with Crippen molar-refractivity contribution in [1.82, 2.24) is 20.5 Å². The Morgan fingerprint density at radius 2 is 1.86 bits per heavy atom. The third-order valence-electron chi connectivity index (χ3n) is 5.08. The molecule has 3 aromatic rings. The van der Waals surface area contributed by atoms with Crippen LogP contribution in [0.5, 0.6) is 0 Å². The summed E-state index contributed by atoms with van der Waals surface area (Å²) in [7, 11) is 0. The fourth-order valence-electron chi connectivity index (χ4n) is 3.84. The molecule has 0 spiro atoms. The van der Waals surface area contributed by atoms with Gasteiger partial charge in [-0.25, -0.2) is 8.78 Å². The number of benzene rings is 1. The number of fused-ring (bicyclic) bond motifs is 1. The minimum atomic E-state index is -2.73. The SMILES string of the molecule is CC1(NC(=O)c2cc(CC(=O)Cc3ccc4cn[nH]c4c3)ccn2)CC(F)(F)C1. The van der Waals surface area contributed by atoms with Crippen molar-refractivity contribution in [3.8, 4) is 0 Å². The average molecular weight is 398 g/mol. The molecule has 2 aromatic heterocycles. The van der Waals surface area contributed by atoms with Crippen LogP contribution in [0.2, 0.25) is 0 Å². The van der Waals surface area contributed by atoms with Crippen LogP contribution >= 0.6 is 0 Å². The molecule has 1 aromatic carbocycles. The molecular weight excluding hydrogens is 378 g/mol. The first kappa shape index (κ1) is 19.2. The van der Waals surface area contributed by atoms with Crippen LogP contribution in [0.3, 0.4) is 0 Å². The van der Waals surface area contributed by atoms with E-state index in [1.165, 1.54) is 12.3 Å². The zero-order valence-corrected chi connectivity index (χ0v) is 15.8. The van der Waals surface area contributed by atoms with Gasteiger partial charge in [-0.05, 0) is 36.2 Å². The zero-order valence-electron chi connectivity index (χ0n) is 15.8. The number of nitrogens with one attached hydrogen (secondary N) is 2. The summed E-state index contributed by atoms with van der Waals surface area (Å²) < 4.78 is 26.3. The average Bonchev–Trinajstić information content (AvgIpc) is 3.07. The monoisotopic (exact) mass is 398 g/mol. The molecule has 8 heteroatoms. The van der Waals surface area contributed by atoms with E-state index in [0.29, 0.717) is 5.56 Å². The molecule has 4 rings (SSSR count). The maximum absolute atomic E-state index is 13.1. The maximum atomic E-state index is 13.1. The molecule has 1 amide bonds. The molecule has 1 aliphatic rings. The second-order valence-electron chi connectivity index (χ2n) is 7.96. The summed E-state index contributed by atoms with van der Waals surface area (Å²) >= 11 is 0. The van der Waals surface area contributed by atoms with E-state index in [0.717, 1.165) is 16.5 Å². The lowest BCUT2D eigenvalue weighted by Crippen LogP contribution is -2.60. The van der Waals surface area contributed by atoms with Gasteiger partial charge in [0.2, 0.25) is 0 Å². The first-order valence-corrected chi connectivity index (χ1v) is 9.30. The van der Waals surface area contributed by atoms with Crippen LogP contribution in [0, 0.1) is 0 Å². The smallest absolute Gasteiger partial charge is 0.270 e. The van der Waals surface area contributed by atoms with Gasteiger partial charge in [0.25, 0.3) is 11.8 Å². The van der Waals surface area contributed by atoms with E-state index >= 15 is 0 Å². The summed E-state index contributed by atoms with van der Waals surface area (Å²) in [5, 5.41) is 10.4. The number of nitrogens with zero attached hydrogens (tertiary/aromatic N) is 2. The summed E-state index contributed by atoms with van der Waals surface area (Å²) in [6, 6.07) is 8.88. The predicted molar refractivity (Wildman–Crippen MR) is 103 cm³/mol. The second-order valence-corrected chi connectivity index (χ2v) is 7.96. The molecule has 150 valence electrons. The highest BCUT2D eigenvalue weighted by molar-refractivity contribution is 5.93. The lowest BCUT2D eigenvalue weighted by molar-refractivity contribution is -0.124. The van der Waals surface area contributed by atoms with Gasteiger partial charge in [0.15, 0.2) is 0 Å². The van der Waals surface area contributed by atoms with Gasteiger partial charge in [-0.3, -0.25) is 19.7 Å². The maximum Gasteiger partial charge on any atom is 0.270 e. The van der Waals surface area contributed by atoms with Crippen molar-refractivity contribution in [3.63, 3.8) is 0 Å². The van der Waals surface area contributed by atoms with Crippen molar-refractivity contribution in [2.75, 3.05) is 0 Å². The number of carbonyl (C=O) groups excluding carboxylic acids is 2. The van der Waals surface area contributed by atoms with Gasteiger partial charge >= 0.3 is 0 Å². The quantitative estimate of drug-likeness (QED) is 0.667. The molecule has 1 fully saturated rings. The molecule has 0 aliphatic heterocycles. The Morgan fingerprint density at radius 1 is 1.14 bits per heavy atom. The fraction of sp³-hybridized carbons (Fsp3) is 0.333. The standard InChI is InChI=1S/C21H20F2N4O2/c1-20(11-21(22,23)12-20)26-19(29)18-9-14(4-5-24-18)7-16(28)6-13-2-3-15-10-25-27-17(15)8-13/h2-5,8-10H,6-7,11-12H2,1H3,(H,25,27)(H,26,29). The fourth-order valence-corrected chi connectivity index (χ4v) is 3.84. The van der Waals surface area contributed by atoms with Crippen molar-refractivity contribution in [2.24, 2.45) is 0 Å². The number of halogens is 2. The van der Waals surface area contributed by atoms with Crippen LogP contribution < -0.4 is 5.32 Å². The Labute approximate surface area is 165 Å². The highest BCUT2D eigenvalue weighted by Gasteiger charge is 2.54. The lowest BCUT2D eigenvalue weighted by Gasteiger charge is -2.45. The Morgan fingerprint density at radius 3 is 2.59 bits per heavy atom. The highest BCUT2D eigenvalue weighted by atomic mass is 19.3. The van der Waals surface area contributed by atoms with Crippen molar-refractivity contribution in [1.29, 1.82) is 0 Å². The number of ketones is 1. The second kappa shape index (κ2) is 7.02. The number of carbonyl (C=O) groups is 2. The van der Waals surface area contributed by atoms with Crippen molar-refractivity contribution < 1.29 is 18.4 Å². The van der Waals surface area contributed by atoms with Gasteiger partial charge in [-0.2, -0.15) is 5.10 Å². The van der Waals surface area contributed by atoms with Gasteiger partial charge in [0, 0.05) is 42.8 Å². The third kappa shape index (κ3) is 4.31. The highest BCUT2D eigenvalue weighted by Crippen LogP contribution is 2.45. The zero-order chi connectivity index (χ0) is 20.6. The number of amides is 1. The minimum Gasteiger partial charge on any atom is -0.345 e. The number of Topliss-reactive ketones (excluding diaryl/α,β-unsaturated/α-hetero) is 1.